The molecule has 0 spiro atoms. The Balaban J connectivity index is 0. The van der Waals surface area contributed by atoms with Crippen molar-refractivity contribution in [3.8, 4) is 12.0 Å². The molecule has 3 N–H and O–H groups in total. The molecule has 0 unspecified atom stereocenters. The monoisotopic (exact) mass is 257 g/mol. The Bertz CT molecular complexity index is 203. The van der Waals surface area contributed by atoms with Crippen LogP contribution in [0.2, 0.25) is 0 Å². The molecule has 0 amide bonds. The lowest BCUT2D eigenvalue weighted by molar-refractivity contribution is 0.0443. The Morgan fingerprint density at radius 3 is 2.17 bits per heavy atom. The summed E-state index contributed by atoms with van der Waals surface area (Å²) < 4.78 is 5.16. The molecular formula is C14H31N3O. The fourth-order valence-electron chi connectivity index (χ4n) is 1.32. The molecule has 18 heavy (non-hydrogen) atoms. The van der Waals surface area contributed by atoms with Gasteiger partial charge in [-0.1, -0.05) is 33.6 Å². The van der Waals surface area contributed by atoms with E-state index in [2.05, 4.69) is 36.0 Å². The van der Waals surface area contributed by atoms with Crippen LogP contribution in [0.25, 0.3) is 0 Å². The van der Waals surface area contributed by atoms with Crippen LogP contribution in [-0.2, 0) is 4.74 Å². The van der Waals surface area contributed by atoms with Crippen LogP contribution in [0.1, 0.15) is 27.7 Å². The van der Waals surface area contributed by atoms with Gasteiger partial charge in [0.1, 0.15) is 0 Å². The lowest BCUT2D eigenvalue weighted by Gasteiger charge is -2.23. The summed E-state index contributed by atoms with van der Waals surface area (Å²) in [5, 5.41) is 3.07. The van der Waals surface area contributed by atoms with Crippen molar-refractivity contribution in [2.45, 2.75) is 27.7 Å². The summed E-state index contributed by atoms with van der Waals surface area (Å²) in [6.45, 7) is 13.9. The second-order valence-corrected chi connectivity index (χ2v) is 4.16. The van der Waals surface area contributed by atoms with Gasteiger partial charge in [-0.15, -0.1) is 0 Å². The zero-order valence-corrected chi connectivity index (χ0v) is 12.8. The van der Waals surface area contributed by atoms with Crippen molar-refractivity contribution in [3.63, 3.8) is 0 Å². The molecule has 0 aromatic rings. The minimum atomic E-state index is 0.778. The maximum Gasteiger partial charge on any atom is 0.0621 e. The summed E-state index contributed by atoms with van der Waals surface area (Å²) in [5.41, 5.74) is 5.03. The third kappa shape index (κ3) is 15.2. The Morgan fingerprint density at radius 1 is 1.28 bits per heavy atom. The van der Waals surface area contributed by atoms with Crippen LogP contribution in [-0.4, -0.2) is 51.3 Å². The van der Waals surface area contributed by atoms with E-state index in [1.165, 1.54) is 0 Å². The molecule has 1 rings (SSSR count). The van der Waals surface area contributed by atoms with Crippen molar-refractivity contribution in [2.75, 3.05) is 46.4 Å². The normalized spacial score (nSPS) is 14.6. The average molecular weight is 257 g/mol. The second-order valence-electron chi connectivity index (χ2n) is 4.16. The molecule has 0 saturated carbocycles. The lowest BCUT2D eigenvalue weighted by Crippen LogP contribution is -2.36. The molecular weight excluding hydrogens is 226 g/mol. The van der Waals surface area contributed by atoms with E-state index in [1.807, 2.05) is 20.9 Å². The molecule has 1 saturated heterocycles. The Kier molecular flexibility index (Phi) is 17.7. The van der Waals surface area contributed by atoms with Crippen LogP contribution < -0.4 is 11.1 Å². The summed E-state index contributed by atoms with van der Waals surface area (Å²) in [4.78, 5) is 2.23. The SMILES string of the molecule is CC.CNCC(C)C.NC#CCN1CCOCC1. The highest BCUT2D eigenvalue weighted by atomic mass is 16.5. The first kappa shape index (κ1) is 19.6. The van der Waals surface area contributed by atoms with Gasteiger partial charge >= 0.3 is 0 Å². The first-order chi connectivity index (χ1) is 8.70. The zero-order valence-electron chi connectivity index (χ0n) is 12.8. The van der Waals surface area contributed by atoms with Gasteiger partial charge in [0.15, 0.2) is 0 Å². The standard InChI is InChI=1S/C7H12N2O.C5H13N.C2H6/c8-2-1-3-9-4-6-10-7-5-9;1-5(2)4-6-3;1-2/h3-8H2;5-6H,4H2,1-3H3;1-2H3. The van der Waals surface area contributed by atoms with Crippen molar-refractivity contribution in [3.05, 3.63) is 0 Å². The molecule has 0 aromatic heterocycles. The molecule has 0 radical (unpaired) electrons. The minimum absolute atomic E-state index is 0.778. The van der Waals surface area contributed by atoms with E-state index < -0.39 is 0 Å². The van der Waals surface area contributed by atoms with Gasteiger partial charge in [0.2, 0.25) is 0 Å². The topological polar surface area (TPSA) is 50.5 Å². The van der Waals surface area contributed by atoms with Gasteiger partial charge < -0.3 is 15.8 Å². The number of nitrogens with zero attached hydrogens (tertiary/aromatic N) is 1. The minimum Gasteiger partial charge on any atom is -0.379 e. The number of nitrogens with two attached hydrogens (primary N) is 1. The average Bonchev–Trinajstić information content (AvgIpc) is 2.40. The van der Waals surface area contributed by atoms with Gasteiger partial charge in [0.25, 0.3) is 0 Å². The number of hydrogen-bond acceptors (Lipinski definition) is 4. The Morgan fingerprint density at radius 2 is 1.83 bits per heavy atom. The van der Waals surface area contributed by atoms with Crippen LogP contribution >= 0.6 is 0 Å². The molecule has 0 aliphatic carbocycles. The van der Waals surface area contributed by atoms with Crippen molar-refractivity contribution < 1.29 is 4.74 Å². The molecule has 0 aromatic carbocycles. The van der Waals surface area contributed by atoms with Crippen LogP contribution in [0.5, 0.6) is 0 Å². The highest BCUT2D eigenvalue weighted by Crippen LogP contribution is 1.93. The van der Waals surface area contributed by atoms with Crippen LogP contribution in [0, 0.1) is 17.9 Å². The summed E-state index contributed by atoms with van der Waals surface area (Å²) in [6.07, 6.45) is 0. The van der Waals surface area contributed by atoms with E-state index in [9.17, 15) is 0 Å². The first-order valence-electron chi connectivity index (χ1n) is 6.83. The van der Waals surface area contributed by atoms with Crippen LogP contribution in [0.15, 0.2) is 0 Å². The van der Waals surface area contributed by atoms with Crippen molar-refractivity contribution in [1.29, 1.82) is 0 Å². The maximum atomic E-state index is 5.16. The highest BCUT2D eigenvalue weighted by molar-refractivity contribution is 4.96. The van der Waals surface area contributed by atoms with Crippen molar-refractivity contribution >= 4 is 0 Å². The second kappa shape index (κ2) is 16.2. The summed E-state index contributed by atoms with van der Waals surface area (Å²) in [6, 6.07) is 2.38. The third-order valence-corrected chi connectivity index (χ3v) is 2.12. The summed E-state index contributed by atoms with van der Waals surface area (Å²) in [5.74, 6) is 3.60. The van der Waals surface area contributed by atoms with Crippen LogP contribution in [0.4, 0.5) is 0 Å². The molecule has 108 valence electrons. The molecule has 0 atom stereocenters. The predicted octanol–water partition coefficient (Wildman–Crippen LogP) is 1.13. The quantitative estimate of drug-likeness (QED) is 0.588. The Labute approximate surface area is 113 Å². The fraction of sp³-hybridized carbons (Fsp3) is 0.857. The van der Waals surface area contributed by atoms with Gasteiger partial charge in [0.05, 0.1) is 19.8 Å². The molecule has 1 fully saturated rings. The predicted molar refractivity (Wildman–Crippen MR) is 79.3 cm³/mol. The summed E-state index contributed by atoms with van der Waals surface area (Å²) in [7, 11) is 1.97. The van der Waals surface area contributed by atoms with E-state index in [0.717, 1.165) is 45.3 Å². The maximum absolute atomic E-state index is 5.16. The lowest BCUT2D eigenvalue weighted by atomic mass is 10.2. The molecule has 0 bridgehead atoms. The third-order valence-electron chi connectivity index (χ3n) is 2.12. The number of nitrogens with one attached hydrogen (secondary N) is 1. The number of morpholine rings is 1. The number of ether oxygens (including phenoxy) is 1. The van der Waals surface area contributed by atoms with E-state index in [4.69, 9.17) is 10.5 Å². The fourth-order valence-corrected chi connectivity index (χ4v) is 1.32. The smallest absolute Gasteiger partial charge is 0.0621 e. The Hall–Kier alpha value is -0.760. The first-order valence-corrected chi connectivity index (χ1v) is 6.83. The molecule has 1 aliphatic heterocycles. The number of hydrogen-bond donors (Lipinski definition) is 2. The van der Waals surface area contributed by atoms with Crippen molar-refractivity contribution in [1.82, 2.24) is 10.2 Å². The van der Waals surface area contributed by atoms with E-state index >= 15 is 0 Å². The van der Waals surface area contributed by atoms with Crippen LogP contribution in [0.3, 0.4) is 0 Å². The molecule has 4 heteroatoms. The molecule has 1 heterocycles. The van der Waals surface area contributed by atoms with E-state index in [0.29, 0.717) is 0 Å². The van der Waals surface area contributed by atoms with Gasteiger partial charge in [0, 0.05) is 19.1 Å². The summed E-state index contributed by atoms with van der Waals surface area (Å²) >= 11 is 0. The van der Waals surface area contributed by atoms with Gasteiger partial charge in [-0.25, -0.2) is 0 Å². The van der Waals surface area contributed by atoms with Gasteiger partial charge in [-0.3, -0.25) is 4.90 Å². The van der Waals surface area contributed by atoms with Gasteiger partial charge in [-0.05, 0) is 19.5 Å². The largest absolute Gasteiger partial charge is 0.379 e. The zero-order chi connectivity index (χ0) is 14.2. The number of rotatable bonds is 3. The molecule has 4 nitrogen and oxygen atoms in total. The van der Waals surface area contributed by atoms with Crippen molar-refractivity contribution in [2.24, 2.45) is 11.7 Å². The molecule has 1 aliphatic rings. The van der Waals surface area contributed by atoms with E-state index in [1.54, 1.807) is 0 Å². The van der Waals surface area contributed by atoms with E-state index in [-0.39, 0.29) is 0 Å². The van der Waals surface area contributed by atoms with Gasteiger partial charge in [-0.2, -0.15) is 0 Å². The highest BCUT2D eigenvalue weighted by Gasteiger charge is 2.07.